The normalized spacial score (nSPS) is 11.7. The lowest BCUT2D eigenvalue weighted by Crippen LogP contribution is -2.31. The van der Waals surface area contributed by atoms with Crippen LogP contribution in [0.5, 0.6) is 0 Å². The Hall–Kier alpha value is -1.63. The molecule has 0 aliphatic heterocycles. The highest BCUT2D eigenvalue weighted by molar-refractivity contribution is 7.89. The van der Waals surface area contributed by atoms with E-state index < -0.39 is 10.0 Å². The third kappa shape index (κ3) is 2.05. The molecule has 5 nitrogen and oxygen atoms in total. The molecule has 3 N–H and O–H groups in total. The second-order valence-corrected chi connectivity index (χ2v) is 5.80. The molecular weight excluding hydrogens is 250 g/mol. The molecular formula is C12H15N3O2S. The molecule has 6 heteroatoms. The zero-order chi connectivity index (χ0) is 13.3. The average Bonchev–Trinajstić information content (AvgIpc) is 2.37. The van der Waals surface area contributed by atoms with Gasteiger partial charge in [-0.15, -0.1) is 4.83 Å². The monoisotopic (exact) mass is 265 g/mol. The Morgan fingerprint density at radius 1 is 1.11 bits per heavy atom. The minimum Gasteiger partial charge on any atom is -0.377 e. The van der Waals surface area contributed by atoms with Gasteiger partial charge in [-0.2, -0.15) is 0 Å². The van der Waals surface area contributed by atoms with Crippen LogP contribution < -0.4 is 15.6 Å². The Bertz CT molecular complexity index is 681. The maximum Gasteiger partial charge on any atom is 0.255 e. The molecule has 0 aliphatic rings. The summed E-state index contributed by atoms with van der Waals surface area (Å²) in [6.45, 7) is 0. The Morgan fingerprint density at radius 3 is 2.39 bits per heavy atom. The number of sulfonamides is 1. The highest BCUT2D eigenvalue weighted by Crippen LogP contribution is 2.31. The zero-order valence-electron chi connectivity index (χ0n) is 10.2. The standard InChI is InChI=1S/C12H15N3O2S/c1-15(2)11-8-7-9-5-3-4-6-10(9)12(11)18(16,17)14-13/h3-8,14H,13H2,1-2H3. The van der Waals surface area contributed by atoms with Gasteiger partial charge in [0.1, 0.15) is 4.90 Å². The van der Waals surface area contributed by atoms with E-state index in [1.54, 1.807) is 37.2 Å². The van der Waals surface area contributed by atoms with E-state index in [1.165, 1.54) is 0 Å². The fourth-order valence-corrected chi connectivity index (χ4v) is 3.04. The minimum absolute atomic E-state index is 0.202. The molecule has 96 valence electrons. The number of hydrogen-bond donors (Lipinski definition) is 2. The van der Waals surface area contributed by atoms with Gasteiger partial charge in [-0.3, -0.25) is 5.84 Å². The predicted molar refractivity (Wildman–Crippen MR) is 72.8 cm³/mol. The predicted octanol–water partition coefficient (Wildman–Crippen LogP) is 1.06. The second-order valence-electron chi connectivity index (χ2n) is 4.15. The molecule has 0 radical (unpaired) electrons. The SMILES string of the molecule is CN(C)c1ccc2ccccc2c1S(=O)(=O)NN. The number of anilines is 1. The topological polar surface area (TPSA) is 75.4 Å². The van der Waals surface area contributed by atoms with Gasteiger partial charge >= 0.3 is 0 Å². The maximum atomic E-state index is 12.1. The van der Waals surface area contributed by atoms with Crippen molar-refractivity contribution in [3.63, 3.8) is 0 Å². The summed E-state index contributed by atoms with van der Waals surface area (Å²) < 4.78 is 24.2. The van der Waals surface area contributed by atoms with Crippen LogP contribution in [0.4, 0.5) is 5.69 Å². The Labute approximate surface area is 106 Å². The summed E-state index contributed by atoms with van der Waals surface area (Å²) in [7, 11) is -0.132. The molecule has 2 rings (SSSR count). The lowest BCUT2D eigenvalue weighted by Gasteiger charge is -2.19. The highest BCUT2D eigenvalue weighted by atomic mass is 32.2. The van der Waals surface area contributed by atoms with Crippen molar-refractivity contribution in [3.8, 4) is 0 Å². The largest absolute Gasteiger partial charge is 0.377 e. The molecule has 2 aromatic rings. The molecule has 0 atom stereocenters. The van der Waals surface area contributed by atoms with Gasteiger partial charge < -0.3 is 4.90 Å². The van der Waals surface area contributed by atoms with Crippen molar-refractivity contribution < 1.29 is 8.42 Å². The van der Waals surface area contributed by atoms with E-state index in [1.807, 2.05) is 23.0 Å². The number of nitrogens with two attached hydrogens (primary N) is 1. The van der Waals surface area contributed by atoms with Gasteiger partial charge in [0.2, 0.25) is 0 Å². The molecule has 0 fully saturated rings. The van der Waals surface area contributed by atoms with Gasteiger partial charge in [-0.1, -0.05) is 30.3 Å². The van der Waals surface area contributed by atoms with Crippen molar-refractivity contribution in [2.24, 2.45) is 5.84 Å². The van der Waals surface area contributed by atoms with E-state index in [0.717, 1.165) is 5.39 Å². The minimum atomic E-state index is -3.71. The van der Waals surface area contributed by atoms with E-state index in [0.29, 0.717) is 11.1 Å². The maximum absolute atomic E-state index is 12.1. The van der Waals surface area contributed by atoms with E-state index in [9.17, 15) is 8.42 Å². The first-order valence-electron chi connectivity index (χ1n) is 5.39. The number of fused-ring (bicyclic) bond motifs is 1. The van der Waals surface area contributed by atoms with E-state index >= 15 is 0 Å². The van der Waals surface area contributed by atoms with Gasteiger partial charge in [0, 0.05) is 19.5 Å². The van der Waals surface area contributed by atoms with Crippen LogP contribution in [0.15, 0.2) is 41.3 Å². The molecule has 0 amide bonds. The molecule has 0 saturated heterocycles. The molecule has 0 spiro atoms. The molecule has 0 unspecified atom stereocenters. The van der Waals surface area contributed by atoms with Crippen LogP contribution in [0.2, 0.25) is 0 Å². The van der Waals surface area contributed by atoms with Crippen molar-refractivity contribution in [2.75, 3.05) is 19.0 Å². The highest BCUT2D eigenvalue weighted by Gasteiger charge is 2.21. The summed E-state index contributed by atoms with van der Waals surface area (Å²) in [4.78, 5) is 3.84. The molecule has 0 aliphatic carbocycles. The summed E-state index contributed by atoms with van der Waals surface area (Å²) in [6.07, 6.45) is 0. The third-order valence-corrected chi connectivity index (χ3v) is 4.04. The zero-order valence-corrected chi connectivity index (χ0v) is 11.0. The second kappa shape index (κ2) is 4.56. The molecule has 0 saturated carbocycles. The first-order chi connectivity index (χ1) is 8.47. The summed E-state index contributed by atoms with van der Waals surface area (Å²) in [5.41, 5.74) is 0.603. The number of rotatable bonds is 3. The van der Waals surface area contributed by atoms with Gasteiger partial charge in [0.25, 0.3) is 10.0 Å². The quantitative estimate of drug-likeness (QED) is 0.642. The number of benzene rings is 2. The van der Waals surface area contributed by atoms with Crippen LogP contribution in [0.1, 0.15) is 0 Å². The lowest BCUT2D eigenvalue weighted by molar-refractivity contribution is 0.585. The van der Waals surface area contributed by atoms with E-state index in [4.69, 9.17) is 5.84 Å². The van der Waals surface area contributed by atoms with Crippen LogP contribution in [-0.4, -0.2) is 22.5 Å². The van der Waals surface area contributed by atoms with Crippen LogP contribution in [-0.2, 0) is 10.0 Å². The molecule has 18 heavy (non-hydrogen) atoms. The average molecular weight is 265 g/mol. The van der Waals surface area contributed by atoms with Crippen LogP contribution >= 0.6 is 0 Å². The van der Waals surface area contributed by atoms with Crippen LogP contribution in [0, 0.1) is 0 Å². The van der Waals surface area contributed by atoms with Crippen LogP contribution in [0.25, 0.3) is 10.8 Å². The summed E-state index contributed by atoms with van der Waals surface area (Å²) in [5, 5.41) is 1.51. The summed E-state index contributed by atoms with van der Waals surface area (Å²) >= 11 is 0. The van der Waals surface area contributed by atoms with Gasteiger partial charge in [-0.25, -0.2) is 8.42 Å². The van der Waals surface area contributed by atoms with Crippen molar-refractivity contribution in [1.29, 1.82) is 0 Å². The van der Waals surface area contributed by atoms with Crippen molar-refractivity contribution in [2.45, 2.75) is 4.90 Å². The number of nitrogens with zero attached hydrogens (tertiary/aromatic N) is 1. The Balaban J connectivity index is 2.92. The molecule has 0 heterocycles. The first kappa shape index (κ1) is 12.8. The Kier molecular flexibility index (Phi) is 3.25. The van der Waals surface area contributed by atoms with Crippen molar-refractivity contribution >= 4 is 26.5 Å². The number of hydrazine groups is 1. The van der Waals surface area contributed by atoms with Crippen molar-refractivity contribution in [3.05, 3.63) is 36.4 Å². The molecule has 0 aromatic heterocycles. The fraction of sp³-hybridized carbons (Fsp3) is 0.167. The van der Waals surface area contributed by atoms with Gasteiger partial charge in [0.15, 0.2) is 0 Å². The molecule has 0 bridgehead atoms. The molecule has 2 aromatic carbocycles. The van der Waals surface area contributed by atoms with Gasteiger partial charge in [-0.05, 0) is 11.5 Å². The van der Waals surface area contributed by atoms with E-state index in [-0.39, 0.29) is 4.90 Å². The van der Waals surface area contributed by atoms with E-state index in [2.05, 4.69) is 0 Å². The fourth-order valence-electron chi connectivity index (χ4n) is 1.93. The smallest absolute Gasteiger partial charge is 0.255 e. The number of nitrogens with one attached hydrogen (secondary N) is 1. The first-order valence-corrected chi connectivity index (χ1v) is 6.87. The third-order valence-electron chi connectivity index (χ3n) is 2.76. The van der Waals surface area contributed by atoms with Gasteiger partial charge in [0.05, 0.1) is 5.69 Å². The number of hydrogen-bond acceptors (Lipinski definition) is 4. The van der Waals surface area contributed by atoms with Crippen molar-refractivity contribution in [1.82, 2.24) is 4.83 Å². The summed E-state index contributed by atoms with van der Waals surface area (Å²) in [5.74, 6) is 5.14. The summed E-state index contributed by atoms with van der Waals surface area (Å²) in [6, 6.07) is 11.0. The lowest BCUT2D eigenvalue weighted by atomic mass is 10.1. The Morgan fingerprint density at radius 2 is 1.78 bits per heavy atom. The van der Waals surface area contributed by atoms with Crippen LogP contribution in [0.3, 0.4) is 0 Å².